The number of H-pyrrole nitrogens is 1. The summed E-state index contributed by atoms with van der Waals surface area (Å²) in [5.74, 6) is 0. The number of pyridine rings is 1. The number of piperidine rings is 1. The maximum atomic E-state index is 14.1. The van der Waals surface area contributed by atoms with Crippen LogP contribution in [-0.2, 0) is 0 Å². The Morgan fingerprint density at radius 3 is 3.21 bits per heavy atom. The summed E-state index contributed by atoms with van der Waals surface area (Å²) in [7, 11) is 0. The number of fused-ring (bicyclic) bond motifs is 3. The van der Waals surface area contributed by atoms with Gasteiger partial charge in [0.25, 0.3) is 0 Å². The second-order valence-corrected chi connectivity index (χ2v) is 4.96. The Bertz CT molecular complexity index is 731. The Morgan fingerprint density at radius 2 is 2.32 bits per heavy atom. The van der Waals surface area contributed by atoms with Crippen molar-refractivity contribution in [1.82, 2.24) is 24.8 Å². The van der Waals surface area contributed by atoms with E-state index in [2.05, 4.69) is 20.3 Å². The molecule has 2 atom stereocenters. The number of aromatic amines is 1. The fourth-order valence-electron chi connectivity index (χ4n) is 2.90. The van der Waals surface area contributed by atoms with Crippen molar-refractivity contribution in [3.63, 3.8) is 0 Å². The zero-order valence-electron chi connectivity index (χ0n) is 10.3. The maximum Gasteiger partial charge on any atom is 0.139 e. The molecule has 0 bridgehead atoms. The van der Waals surface area contributed by atoms with E-state index in [1.807, 2.05) is 16.8 Å². The molecule has 0 spiro atoms. The molecule has 98 valence electrons. The molecule has 5 nitrogen and oxygen atoms in total. The van der Waals surface area contributed by atoms with Crippen LogP contribution in [0.5, 0.6) is 0 Å². The molecular weight excluding hydrogens is 245 g/mol. The van der Waals surface area contributed by atoms with Crippen molar-refractivity contribution < 1.29 is 4.39 Å². The predicted molar refractivity (Wildman–Crippen MR) is 70.8 cm³/mol. The van der Waals surface area contributed by atoms with Gasteiger partial charge in [-0.2, -0.15) is 0 Å². The minimum Gasteiger partial charge on any atom is -0.346 e. The van der Waals surface area contributed by atoms with E-state index in [9.17, 15) is 4.39 Å². The monoisotopic (exact) mass is 259 g/mol. The molecule has 1 fully saturated rings. The Kier molecular flexibility index (Phi) is 2.32. The highest BCUT2D eigenvalue weighted by molar-refractivity contribution is 6.00. The largest absolute Gasteiger partial charge is 0.346 e. The van der Waals surface area contributed by atoms with Crippen LogP contribution in [0.1, 0.15) is 12.5 Å². The van der Waals surface area contributed by atoms with Crippen LogP contribution in [-0.4, -0.2) is 38.8 Å². The van der Waals surface area contributed by atoms with Gasteiger partial charge in [-0.05, 0) is 19.0 Å². The minimum absolute atomic E-state index is 0.147. The highest BCUT2D eigenvalue weighted by Gasteiger charge is 2.27. The summed E-state index contributed by atoms with van der Waals surface area (Å²) >= 11 is 0. The van der Waals surface area contributed by atoms with Crippen LogP contribution in [0, 0.1) is 0 Å². The van der Waals surface area contributed by atoms with Gasteiger partial charge in [0.2, 0.25) is 0 Å². The number of halogens is 1. The fourth-order valence-corrected chi connectivity index (χ4v) is 2.90. The van der Waals surface area contributed by atoms with Gasteiger partial charge in [0.05, 0.1) is 24.1 Å². The summed E-state index contributed by atoms with van der Waals surface area (Å²) in [6.07, 6.45) is 5.22. The van der Waals surface area contributed by atoms with Crippen LogP contribution in [0.2, 0.25) is 0 Å². The normalized spacial score (nSPS) is 24.3. The predicted octanol–water partition coefficient (Wildman–Crippen LogP) is 1.79. The first-order chi connectivity index (χ1) is 9.34. The van der Waals surface area contributed by atoms with Gasteiger partial charge in [-0.15, -0.1) is 0 Å². The highest BCUT2D eigenvalue weighted by atomic mass is 19.1. The number of alkyl halides is 1. The molecular formula is C13H14FN5. The summed E-state index contributed by atoms with van der Waals surface area (Å²) in [5.41, 5.74) is 2.61. The van der Waals surface area contributed by atoms with E-state index in [1.165, 1.54) is 0 Å². The zero-order chi connectivity index (χ0) is 12.8. The number of imidazole rings is 1. The van der Waals surface area contributed by atoms with Crippen LogP contribution in [0.4, 0.5) is 4.39 Å². The van der Waals surface area contributed by atoms with E-state index in [-0.39, 0.29) is 6.04 Å². The molecule has 0 saturated carbocycles. The first-order valence-corrected chi connectivity index (χ1v) is 6.48. The Labute approximate surface area is 108 Å². The molecule has 4 rings (SSSR count). The number of hydrogen-bond donors (Lipinski definition) is 2. The molecule has 3 aromatic rings. The number of hydrogen-bond acceptors (Lipinski definition) is 3. The first kappa shape index (κ1) is 10.9. The van der Waals surface area contributed by atoms with Crippen molar-refractivity contribution in [3.8, 4) is 0 Å². The lowest BCUT2D eigenvalue weighted by Crippen LogP contribution is -2.39. The molecule has 1 saturated heterocycles. The van der Waals surface area contributed by atoms with Crippen molar-refractivity contribution >= 4 is 22.1 Å². The van der Waals surface area contributed by atoms with Gasteiger partial charge < -0.3 is 14.9 Å². The van der Waals surface area contributed by atoms with E-state index in [4.69, 9.17) is 0 Å². The second-order valence-electron chi connectivity index (χ2n) is 4.96. The smallest absolute Gasteiger partial charge is 0.139 e. The molecule has 2 unspecified atom stereocenters. The summed E-state index contributed by atoms with van der Waals surface area (Å²) in [4.78, 5) is 11.8. The van der Waals surface area contributed by atoms with Crippen LogP contribution in [0.3, 0.4) is 0 Å². The van der Waals surface area contributed by atoms with Gasteiger partial charge in [0.1, 0.15) is 17.3 Å². The third-order valence-corrected chi connectivity index (χ3v) is 3.85. The number of rotatable bonds is 1. The van der Waals surface area contributed by atoms with Crippen molar-refractivity contribution in [2.45, 2.75) is 18.6 Å². The summed E-state index contributed by atoms with van der Waals surface area (Å²) < 4.78 is 16.1. The second kappa shape index (κ2) is 4.03. The van der Waals surface area contributed by atoms with Crippen molar-refractivity contribution in [2.75, 3.05) is 13.1 Å². The van der Waals surface area contributed by atoms with Crippen LogP contribution in [0.25, 0.3) is 22.1 Å². The van der Waals surface area contributed by atoms with Crippen LogP contribution in [0.15, 0.2) is 24.8 Å². The Morgan fingerprint density at radius 1 is 1.37 bits per heavy atom. The van der Waals surface area contributed by atoms with E-state index >= 15 is 0 Å². The van der Waals surface area contributed by atoms with Crippen LogP contribution < -0.4 is 5.32 Å². The lowest BCUT2D eigenvalue weighted by molar-refractivity contribution is 0.187. The molecule has 0 aromatic carbocycles. The average molecular weight is 259 g/mol. The fraction of sp³-hybridized carbons (Fsp3) is 0.385. The van der Waals surface area contributed by atoms with E-state index in [0.717, 1.165) is 35.0 Å². The van der Waals surface area contributed by atoms with E-state index in [0.29, 0.717) is 6.54 Å². The number of nitrogens with zero attached hydrogens (tertiary/aromatic N) is 3. The molecule has 1 aliphatic rings. The molecule has 0 amide bonds. The number of aromatic nitrogens is 4. The van der Waals surface area contributed by atoms with E-state index < -0.39 is 6.17 Å². The molecule has 1 aliphatic heterocycles. The van der Waals surface area contributed by atoms with Gasteiger partial charge >= 0.3 is 0 Å². The SMILES string of the molecule is FC1CNCCC1n1cnc2cnc3[nH]ccc3c21. The van der Waals surface area contributed by atoms with Gasteiger partial charge in [-0.1, -0.05) is 0 Å². The first-order valence-electron chi connectivity index (χ1n) is 6.48. The third kappa shape index (κ3) is 1.56. The molecule has 0 radical (unpaired) electrons. The highest BCUT2D eigenvalue weighted by Crippen LogP contribution is 2.29. The lowest BCUT2D eigenvalue weighted by atomic mass is 10.0. The average Bonchev–Trinajstić information content (AvgIpc) is 3.04. The van der Waals surface area contributed by atoms with Crippen molar-refractivity contribution in [1.29, 1.82) is 0 Å². The van der Waals surface area contributed by atoms with Gasteiger partial charge in [-0.25, -0.2) is 14.4 Å². The minimum atomic E-state index is -0.881. The van der Waals surface area contributed by atoms with E-state index in [1.54, 1.807) is 12.5 Å². The van der Waals surface area contributed by atoms with Gasteiger partial charge in [-0.3, -0.25) is 0 Å². The maximum absolute atomic E-state index is 14.1. The third-order valence-electron chi connectivity index (χ3n) is 3.85. The quantitative estimate of drug-likeness (QED) is 0.700. The topological polar surface area (TPSA) is 58.5 Å². The Balaban J connectivity index is 1.96. The molecule has 3 aromatic heterocycles. The molecule has 0 aliphatic carbocycles. The van der Waals surface area contributed by atoms with Crippen molar-refractivity contribution in [2.24, 2.45) is 0 Å². The van der Waals surface area contributed by atoms with Gasteiger partial charge in [0, 0.05) is 18.1 Å². The molecule has 6 heteroatoms. The summed E-state index contributed by atoms with van der Waals surface area (Å²) in [6.45, 7) is 1.25. The molecule has 19 heavy (non-hydrogen) atoms. The van der Waals surface area contributed by atoms with Gasteiger partial charge in [0.15, 0.2) is 0 Å². The lowest BCUT2D eigenvalue weighted by Gasteiger charge is -2.28. The zero-order valence-corrected chi connectivity index (χ0v) is 10.3. The summed E-state index contributed by atoms with van der Waals surface area (Å²) in [5, 5.41) is 4.08. The Hall–Kier alpha value is -1.95. The molecule has 2 N–H and O–H groups in total. The molecule has 4 heterocycles. The standard InChI is InChI=1S/C13H14FN5/c14-9-5-15-3-2-11(9)19-7-18-10-6-17-13-8(12(10)19)1-4-16-13/h1,4,6-7,9,11,15H,2-3,5H2,(H,16,17). The van der Waals surface area contributed by atoms with Crippen LogP contribution >= 0.6 is 0 Å². The summed E-state index contributed by atoms with van der Waals surface area (Å²) in [6, 6.07) is 1.82. The van der Waals surface area contributed by atoms with Crippen molar-refractivity contribution in [3.05, 3.63) is 24.8 Å². The number of nitrogens with one attached hydrogen (secondary N) is 2.